The summed E-state index contributed by atoms with van der Waals surface area (Å²) in [6.45, 7) is 0.229. The first-order valence-corrected chi connectivity index (χ1v) is 12.3. The van der Waals surface area contributed by atoms with Crippen LogP contribution in [0.2, 0.25) is 5.02 Å². The van der Waals surface area contributed by atoms with E-state index < -0.39 is 0 Å². The normalized spacial score (nSPS) is 10.9. The van der Waals surface area contributed by atoms with Crippen LogP contribution in [0.15, 0.2) is 102 Å². The lowest BCUT2D eigenvalue weighted by Crippen LogP contribution is -2.15. The van der Waals surface area contributed by atoms with Gasteiger partial charge in [-0.15, -0.1) is 10.2 Å². The van der Waals surface area contributed by atoms with Crippen LogP contribution < -0.4 is 10.1 Å². The molecule has 5 aromatic rings. The minimum Gasteiger partial charge on any atom is -0.486 e. The number of nitrogens with zero attached hydrogens (tertiary/aromatic N) is 3. The van der Waals surface area contributed by atoms with Gasteiger partial charge in [-0.1, -0.05) is 84.0 Å². The number of anilines is 1. The maximum atomic E-state index is 12.5. The van der Waals surface area contributed by atoms with E-state index in [1.807, 2.05) is 77.4 Å². The van der Waals surface area contributed by atoms with Gasteiger partial charge in [-0.2, -0.15) is 0 Å². The molecule has 0 bridgehead atoms. The summed E-state index contributed by atoms with van der Waals surface area (Å²) in [5.41, 5.74) is 1.47. The highest BCUT2D eigenvalue weighted by atomic mass is 35.5. The molecule has 0 aliphatic rings. The van der Waals surface area contributed by atoms with Crippen LogP contribution in [0.5, 0.6) is 5.75 Å². The summed E-state index contributed by atoms with van der Waals surface area (Å²) in [7, 11) is 0. The van der Waals surface area contributed by atoms with Crippen LogP contribution in [0.4, 0.5) is 5.69 Å². The van der Waals surface area contributed by atoms with Gasteiger partial charge in [-0.25, -0.2) is 0 Å². The Kier molecular flexibility index (Phi) is 6.97. The quantitative estimate of drug-likeness (QED) is 0.250. The second-order valence-electron chi connectivity index (χ2n) is 7.68. The fourth-order valence-electron chi connectivity index (χ4n) is 3.61. The number of carbonyl (C=O) groups is 1. The van der Waals surface area contributed by atoms with E-state index in [0.29, 0.717) is 21.7 Å². The summed E-state index contributed by atoms with van der Waals surface area (Å²) in [5, 5.41) is 14.9. The number of hydrogen-bond acceptors (Lipinski definition) is 5. The standard InChI is InChI=1S/C27H21ClN4O2S/c28-23-12-6-7-13-24(23)29-26(33)18-35-27-31-30-25(32(27)21-10-2-1-3-11-21)17-34-22-15-14-19-8-4-5-9-20(19)16-22/h1-16H,17-18H2,(H,29,33). The molecule has 6 nitrogen and oxygen atoms in total. The fraction of sp³-hybridized carbons (Fsp3) is 0.0741. The van der Waals surface area contributed by atoms with Gasteiger partial charge in [-0.05, 0) is 47.2 Å². The van der Waals surface area contributed by atoms with Crippen molar-refractivity contribution in [2.24, 2.45) is 0 Å². The van der Waals surface area contributed by atoms with Crippen molar-refractivity contribution < 1.29 is 9.53 Å². The Bertz CT molecular complexity index is 1470. The van der Waals surface area contributed by atoms with Crippen molar-refractivity contribution in [3.63, 3.8) is 0 Å². The molecule has 0 aliphatic carbocycles. The maximum absolute atomic E-state index is 12.5. The first-order chi connectivity index (χ1) is 17.2. The molecule has 1 heterocycles. The minimum absolute atomic E-state index is 0.154. The largest absolute Gasteiger partial charge is 0.486 e. The number of nitrogens with one attached hydrogen (secondary N) is 1. The van der Waals surface area contributed by atoms with Crippen LogP contribution >= 0.6 is 23.4 Å². The zero-order valence-corrected chi connectivity index (χ0v) is 20.2. The van der Waals surface area contributed by atoms with Gasteiger partial charge >= 0.3 is 0 Å². The molecule has 35 heavy (non-hydrogen) atoms. The topological polar surface area (TPSA) is 69.0 Å². The summed E-state index contributed by atoms with van der Waals surface area (Å²) in [4.78, 5) is 12.5. The van der Waals surface area contributed by atoms with Crippen molar-refractivity contribution in [3.8, 4) is 11.4 Å². The first kappa shape index (κ1) is 23.0. The molecule has 0 saturated heterocycles. The van der Waals surface area contributed by atoms with Crippen LogP contribution in [0.3, 0.4) is 0 Å². The molecule has 0 fully saturated rings. The molecule has 1 amide bonds. The molecule has 0 atom stereocenters. The number of benzene rings is 4. The Morgan fingerprint density at radius 1 is 0.886 bits per heavy atom. The molecule has 174 valence electrons. The second-order valence-corrected chi connectivity index (χ2v) is 9.03. The predicted octanol–water partition coefficient (Wildman–Crippen LogP) is 6.38. The van der Waals surface area contributed by atoms with Crippen molar-refractivity contribution in [1.82, 2.24) is 14.8 Å². The van der Waals surface area contributed by atoms with Crippen LogP contribution in [0, 0.1) is 0 Å². The maximum Gasteiger partial charge on any atom is 0.234 e. The molecule has 0 spiro atoms. The van der Waals surface area contributed by atoms with E-state index in [-0.39, 0.29) is 18.3 Å². The average molecular weight is 501 g/mol. The number of fused-ring (bicyclic) bond motifs is 1. The minimum atomic E-state index is -0.181. The highest BCUT2D eigenvalue weighted by Gasteiger charge is 2.17. The molecule has 8 heteroatoms. The van der Waals surface area contributed by atoms with E-state index in [2.05, 4.69) is 27.6 Å². The fourth-order valence-corrected chi connectivity index (χ4v) is 4.56. The SMILES string of the molecule is O=C(CSc1nnc(COc2ccc3ccccc3c2)n1-c1ccccc1)Nc1ccccc1Cl. The third kappa shape index (κ3) is 5.48. The van der Waals surface area contributed by atoms with Crippen molar-refractivity contribution in [1.29, 1.82) is 0 Å². The number of thioether (sulfide) groups is 1. The van der Waals surface area contributed by atoms with Gasteiger partial charge in [0.1, 0.15) is 12.4 Å². The highest BCUT2D eigenvalue weighted by Crippen LogP contribution is 2.26. The van der Waals surface area contributed by atoms with Crippen molar-refractivity contribution in [2.75, 3.05) is 11.1 Å². The van der Waals surface area contributed by atoms with E-state index in [9.17, 15) is 4.79 Å². The molecule has 4 aromatic carbocycles. The highest BCUT2D eigenvalue weighted by molar-refractivity contribution is 7.99. The summed E-state index contributed by atoms with van der Waals surface area (Å²) in [6, 6.07) is 31.0. The van der Waals surface area contributed by atoms with Crippen molar-refractivity contribution >= 4 is 45.7 Å². The van der Waals surface area contributed by atoms with Gasteiger partial charge in [0.2, 0.25) is 5.91 Å². The Morgan fingerprint density at radius 2 is 1.63 bits per heavy atom. The Hall–Kier alpha value is -3.81. The number of hydrogen-bond donors (Lipinski definition) is 1. The number of aromatic nitrogens is 3. The number of halogens is 1. The van der Waals surface area contributed by atoms with Gasteiger partial charge in [-0.3, -0.25) is 9.36 Å². The monoisotopic (exact) mass is 500 g/mol. The van der Waals surface area contributed by atoms with Gasteiger partial charge in [0.15, 0.2) is 11.0 Å². The zero-order valence-electron chi connectivity index (χ0n) is 18.6. The molecule has 0 aliphatic heterocycles. The number of rotatable bonds is 8. The van der Waals surface area contributed by atoms with E-state index in [0.717, 1.165) is 22.2 Å². The summed E-state index contributed by atoms with van der Waals surface area (Å²) in [5.74, 6) is 1.36. The molecule has 1 N–H and O–H groups in total. The van der Waals surface area contributed by atoms with Gasteiger partial charge in [0, 0.05) is 5.69 Å². The predicted molar refractivity (Wildman–Crippen MR) is 140 cm³/mol. The van der Waals surface area contributed by atoms with Gasteiger partial charge < -0.3 is 10.1 Å². The smallest absolute Gasteiger partial charge is 0.234 e. The second kappa shape index (κ2) is 10.6. The lowest BCUT2D eigenvalue weighted by molar-refractivity contribution is -0.113. The molecular weight excluding hydrogens is 480 g/mol. The lowest BCUT2D eigenvalue weighted by Gasteiger charge is -2.12. The molecule has 0 saturated carbocycles. The van der Waals surface area contributed by atoms with Crippen LogP contribution in [-0.4, -0.2) is 26.4 Å². The number of amides is 1. The van der Waals surface area contributed by atoms with Gasteiger partial charge in [0.25, 0.3) is 0 Å². The van der Waals surface area contributed by atoms with E-state index in [1.165, 1.54) is 11.8 Å². The van der Waals surface area contributed by atoms with E-state index in [1.54, 1.807) is 12.1 Å². The van der Waals surface area contributed by atoms with Crippen molar-refractivity contribution in [3.05, 3.63) is 108 Å². The van der Waals surface area contributed by atoms with Crippen LogP contribution in [0.1, 0.15) is 5.82 Å². The number of para-hydroxylation sites is 2. The average Bonchev–Trinajstić information content (AvgIpc) is 3.31. The number of carbonyl (C=O) groups excluding carboxylic acids is 1. The zero-order chi connectivity index (χ0) is 24.0. The summed E-state index contributed by atoms with van der Waals surface area (Å²) in [6.07, 6.45) is 0. The molecule has 1 aromatic heterocycles. The van der Waals surface area contributed by atoms with Crippen molar-refractivity contribution in [2.45, 2.75) is 11.8 Å². The molecular formula is C27H21ClN4O2S. The Morgan fingerprint density at radius 3 is 2.46 bits per heavy atom. The molecule has 5 rings (SSSR count). The van der Waals surface area contributed by atoms with E-state index in [4.69, 9.17) is 16.3 Å². The van der Waals surface area contributed by atoms with Crippen LogP contribution in [0.25, 0.3) is 16.5 Å². The Balaban J connectivity index is 1.33. The third-order valence-electron chi connectivity index (χ3n) is 5.28. The first-order valence-electron chi connectivity index (χ1n) is 11.0. The number of ether oxygens (including phenoxy) is 1. The van der Waals surface area contributed by atoms with Gasteiger partial charge in [0.05, 0.1) is 16.5 Å². The van der Waals surface area contributed by atoms with Crippen LogP contribution in [-0.2, 0) is 11.4 Å². The summed E-state index contributed by atoms with van der Waals surface area (Å²) < 4.78 is 7.98. The lowest BCUT2D eigenvalue weighted by atomic mass is 10.1. The van der Waals surface area contributed by atoms with E-state index >= 15 is 0 Å². The molecule has 0 radical (unpaired) electrons. The Labute approximate surface area is 211 Å². The third-order valence-corrected chi connectivity index (χ3v) is 6.54. The summed E-state index contributed by atoms with van der Waals surface area (Å²) >= 11 is 7.45. The molecule has 0 unspecified atom stereocenters.